The monoisotopic (exact) mass is 258 g/mol. The van der Waals surface area contributed by atoms with E-state index in [4.69, 9.17) is 0 Å². The van der Waals surface area contributed by atoms with Crippen molar-refractivity contribution in [1.29, 1.82) is 0 Å². The largest absolute Gasteiger partial charge is 0.432 e. The van der Waals surface area contributed by atoms with E-state index in [2.05, 4.69) is 19.1 Å². The van der Waals surface area contributed by atoms with Gasteiger partial charge in [-0.2, -0.15) is 13.2 Å². The summed E-state index contributed by atoms with van der Waals surface area (Å²) < 4.78 is 36.2. The van der Waals surface area contributed by atoms with Crippen LogP contribution in [0.15, 0.2) is 41.2 Å². The maximum Gasteiger partial charge on any atom is 0.432 e. The Kier molecular flexibility index (Phi) is 4.36. The molecule has 0 spiro atoms. The number of halogens is 3. The summed E-state index contributed by atoms with van der Waals surface area (Å²) >= 11 is 0. The highest BCUT2D eigenvalue weighted by Gasteiger charge is 2.33. The molecule has 0 aliphatic carbocycles. The van der Waals surface area contributed by atoms with Gasteiger partial charge in [-0.15, -0.1) is 0 Å². The maximum atomic E-state index is 11.8. The number of hydrogen-bond acceptors (Lipinski definition) is 1. The van der Waals surface area contributed by atoms with Crippen molar-refractivity contribution in [2.45, 2.75) is 13.1 Å². The van der Waals surface area contributed by atoms with Gasteiger partial charge in [-0.25, -0.2) is 0 Å². The summed E-state index contributed by atoms with van der Waals surface area (Å²) in [4.78, 5) is 10.5. The molecule has 6 heteroatoms. The van der Waals surface area contributed by atoms with Gasteiger partial charge in [0.1, 0.15) is 5.69 Å². The summed E-state index contributed by atoms with van der Waals surface area (Å²) in [6.45, 7) is 2.08. The number of aromatic amines is 1. The lowest BCUT2D eigenvalue weighted by Gasteiger charge is -2.00. The quantitative estimate of drug-likeness (QED) is 0.775. The molecule has 0 aliphatic heterocycles. The van der Waals surface area contributed by atoms with E-state index < -0.39 is 17.4 Å². The number of nitrogens with zero attached hydrogens (tertiary/aromatic N) is 1. The minimum atomic E-state index is -4.47. The minimum absolute atomic E-state index is 0.514. The van der Waals surface area contributed by atoms with E-state index in [-0.39, 0.29) is 0 Å². The second-order valence-corrected chi connectivity index (χ2v) is 3.72. The molecule has 3 nitrogen and oxygen atoms in total. The zero-order valence-corrected chi connectivity index (χ0v) is 9.95. The fourth-order valence-corrected chi connectivity index (χ4v) is 1.17. The van der Waals surface area contributed by atoms with Crippen molar-refractivity contribution in [3.63, 3.8) is 0 Å². The zero-order chi connectivity index (χ0) is 13.8. The molecule has 0 amide bonds. The van der Waals surface area contributed by atoms with Crippen LogP contribution in [-0.2, 0) is 13.2 Å². The lowest BCUT2D eigenvalue weighted by atomic mass is 10.2. The SMILES string of the molecule is Cc1ccccc1.Cn1[nH]c(C(F)(F)F)cc1=O. The summed E-state index contributed by atoms with van der Waals surface area (Å²) in [5.74, 6) is 0. The lowest BCUT2D eigenvalue weighted by Crippen LogP contribution is -2.10. The first-order valence-electron chi connectivity index (χ1n) is 5.15. The number of aromatic nitrogens is 2. The lowest BCUT2D eigenvalue weighted by molar-refractivity contribution is -0.141. The molecule has 0 unspecified atom stereocenters. The first-order chi connectivity index (χ1) is 8.30. The molecule has 0 aliphatic rings. The summed E-state index contributed by atoms with van der Waals surface area (Å²) in [5.41, 5.74) is -0.398. The highest BCUT2D eigenvalue weighted by molar-refractivity contribution is 5.11. The summed E-state index contributed by atoms with van der Waals surface area (Å²) in [7, 11) is 1.22. The van der Waals surface area contributed by atoms with Crippen LogP contribution in [0.5, 0.6) is 0 Å². The molecule has 1 aromatic carbocycles. The van der Waals surface area contributed by atoms with Gasteiger partial charge >= 0.3 is 6.18 Å². The predicted molar refractivity (Wildman–Crippen MR) is 62.2 cm³/mol. The van der Waals surface area contributed by atoms with Crippen molar-refractivity contribution in [1.82, 2.24) is 9.78 Å². The Hall–Kier alpha value is -1.98. The van der Waals surface area contributed by atoms with Crippen molar-refractivity contribution in [2.75, 3.05) is 0 Å². The molecule has 1 heterocycles. The highest BCUT2D eigenvalue weighted by atomic mass is 19.4. The molecule has 18 heavy (non-hydrogen) atoms. The average Bonchev–Trinajstić information content (AvgIpc) is 2.61. The van der Waals surface area contributed by atoms with E-state index in [1.807, 2.05) is 23.3 Å². The van der Waals surface area contributed by atoms with Crippen molar-refractivity contribution < 1.29 is 13.2 Å². The number of hydrogen-bond donors (Lipinski definition) is 1. The second kappa shape index (κ2) is 5.57. The first kappa shape index (κ1) is 14.1. The van der Waals surface area contributed by atoms with E-state index in [0.717, 1.165) is 4.68 Å². The van der Waals surface area contributed by atoms with Gasteiger partial charge in [0.25, 0.3) is 5.56 Å². The number of benzene rings is 1. The molecule has 0 fully saturated rings. The van der Waals surface area contributed by atoms with Gasteiger partial charge in [-0.1, -0.05) is 35.9 Å². The van der Waals surface area contributed by atoms with E-state index in [9.17, 15) is 18.0 Å². The van der Waals surface area contributed by atoms with E-state index in [1.165, 1.54) is 12.6 Å². The topological polar surface area (TPSA) is 37.8 Å². The molecule has 0 saturated heterocycles. The smallest absolute Gasteiger partial charge is 0.291 e. The van der Waals surface area contributed by atoms with Gasteiger partial charge < -0.3 is 0 Å². The van der Waals surface area contributed by atoms with Crippen LogP contribution in [0.3, 0.4) is 0 Å². The molecule has 0 saturated carbocycles. The van der Waals surface area contributed by atoms with Crippen LogP contribution in [0.25, 0.3) is 0 Å². The average molecular weight is 258 g/mol. The van der Waals surface area contributed by atoms with Crippen LogP contribution in [0.4, 0.5) is 13.2 Å². The molecule has 1 aromatic heterocycles. The Morgan fingerprint density at radius 3 is 1.94 bits per heavy atom. The third-order valence-electron chi connectivity index (χ3n) is 2.13. The third kappa shape index (κ3) is 4.12. The van der Waals surface area contributed by atoms with Gasteiger partial charge in [0, 0.05) is 13.1 Å². The number of aryl methyl sites for hydroxylation is 2. The summed E-state index contributed by atoms with van der Waals surface area (Å²) in [6.07, 6.45) is -4.47. The molecule has 0 bridgehead atoms. The van der Waals surface area contributed by atoms with E-state index in [0.29, 0.717) is 6.07 Å². The summed E-state index contributed by atoms with van der Waals surface area (Å²) in [6, 6.07) is 10.8. The molecule has 1 N–H and O–H groups in total. The molecule has 2 rings (SSSR count). The second-order valence-electron chi connectivity index (χ2n) is 3.72. The van der Waals surface area contributed by atoms with Crippen molar-refractivity contribution in [3.05, 3.63) is 58.0 Å². The Morgan fingerprint density at radius 2 is 1.72 bits per heavy atom. The number of H-pyrrole nitrogens is 1. The van der Waals surface area contributed by atoms with Crippen LogP contribution in [-0.4, -0.2) is 9.78 Å². The normalized spacial score (nSPS) is 10.7. The van der Waals surface area contributed by atoms with E-state index >= 15 is 0 Å². The van der Waals surface area contributed by atoms with Crippen LogP contribution in [0, 0.1) is 6.92 Å². The van der Waals surface area contributed by atoms with Crippen LogP contribution >= 0.6 is 0 Å². The van der Waals surface area contributed by atoms with Crippen molar-refractivity contribution in [3.8, 4) is 0 Å². The van der Waals surface area contributed by atoms with Gasteiger partial charge in [0.2, 0.25) is 0 Å². The van der Waals surface area contributed by atoms with Gasteiger partial charge in [0.15, 0.2) is 0 Å². The number of nitrogens with one attached hydrogen (secondary N) is 1. The number of rotatable bonds is 0. The fraction of sp³-hybridized carbons (Fsp3) is 0.250. The Bertz CT molecular complexity index is 540. The molecule has 98 valence electrons. The zero-order valence-electron chi connectivity index (χ0n) is 9.95. The standard InChI is InChI=1S/C7H8.C5H5F3N2O/c1-7-5-3-2-4-6-7;1-10-4(11)2-3(9-10)5(6,7)8/h2-6H,1H3;2,9H,1H3. The van der Waals surface area contributed by atoms with Crippen molar-refractivity contribution >= 4 is 0 Å². The van der Waals surface area contributed by atoms with Crippen LogP contribution < -0.4 is 5.56 Å². The number of alkyl halides is 3. The maximum absolute atomic E-state index is 11.8. The van der Waals surface area contributed by atoms with Gasteiger partial charge in [-0.3, -0.25) is 14.6 Å². The van der Waals surface area contributed by atoms with Crippen LogP contribution in [0.1, 0.15) is 11.3 Å². The first-order valence-corrected chi connectivity index (χ1v) is 5.15. The molecular weight excluding hydrogens is 245 g/mol. The Labute approximate surface area is 102 Å². The predicted octanol–water partition coefficient (Wildman–Crippen LogP) is 2.73. The Morgan fingerprint density at radius 1 is 1.17 bits per heavy atom. The molecule has 2 aromatic rings. The molecule has 0 radical (unpaired) electrons. The van der Waals surface area contributed by atoms with Crippen molar-refractivity contribution in [2.24, 2.45) is 7.05 Å². The van der Waals surface area contributed by atoms with Crippen LogP contribution in [0.2, 0.25) is 0 Å². The Balaban J connectivity index is 0.000000199. The highest BCUT2D eigenvalue weighted by Crippen LogP contribution is 2.25. The molecule has 0 atom stereocenters. The van der Waals surface area contributed by atoms with E-state index in [1.54, 1.807) is 0 Å². The third-order valence-corrected chi connectivity index (χ3v) is 2.13. The fourth-order valence-electron chi connectivity index (χ4n) is 1.17. The van der Waals surface area contributed by atoms with Gasteiger partial charge in [0.05, 0.1) is 0 Å². The van der Waals surface area contributed by atoms with Gasteiger partial charge in [-0.05, 0) is 6.92 Å². The summed E-state index contributed by atoms with van der Waals surface area (Å²) in [5, 5.41) is 1.86. The molecular formula is C12H13F3N2O. The minimum Gasteiger partial charge on any atom is -0.291 e.